The first kappa shape index (κ1) is 13.7. The van der Waals surface area contributed by atoms with Gasteiger partial charge in [0.25, 0.3) is 0 Å². The summed E-state index contributed by atoms with van der Waals surface area (Å²) in [6, 6.07) is 13.6. The monoisotopic (exact) mass is 284 g/mol. The molecule has 1 aromatic heterocycles. The average molecular weight is 284 g/mol. The van der Waals surface area contributed by atoms with Crippen molar-refractivity contribution in [3.63, 3.8) is 0 Å². The van der Waals surface area contributed by atoms with Gasteiger partial charge >= 0.3 is 0 Å². The van der Waals surface area contributed by atoms with E-state index in [-0.39, 0.29) is 0 Å². The number of thioether (sulfide) groups is 1. The standard InChI is InChI=1S/C17H20N2S/c1-13-4-2-5-14(10-13)12-20-17-15(6-3-9-18-17)11-19-16-7-8-16/h2-6,9-10,16,19H,7-8,11-12H2,1H3. The lowest BCUT2D eigenvalue weighted by Crippen LogP contribution is -2.16. The maximum absolute atomic E-state index is 4.54. The molecule has 20 heavy (non-hydrogen) atoms. The lowest BCUT2D eigenvalue weighted by molar-refractivity contribution is 0.675. The molecule has 1 aliphatic rings. The molecular weight excluding hydrogens is 264 g/mol. The van der Waals surface area contributed by atoms with Crippen molar-refractivity contribution in [1.82, 2.24) is 10.3 Å². The third-order valence-corrected chi connectivity index (χ3v) is 4.59. The highest BCUT2D eigenvalue weighted by Crippen LogP contribution is 2.26. The molecule has 2 nitrogen and oxygen atoms in total. The Kier molecular flexibility index (Phi) is 4.38. The molecule has 2 aromatic rings. The first-order valence-electron chi connectivity index (χ1n) is 7.17. The van der Waals surface area contributed by atoms with Crippen LogP contribution < -0.4 is 5.32 Å². The summed E-state index contributed by atoms with van der Waals surface area (Å²) in [6.45, 7) is 3.08. The predicted molar refractivity (Wildman–Crippen MR) is 84.8 cm³/mol. The zero-order valence-corrected chi connectivity index (χ0v) is 12.6. The number of pyridine rings is 1. The maximum Gasteiger partial charge on any atom is 0.101 e. The van der Waals surface area contributed by atoms with Crippen LogP contribution in [-0.2, 0) is 12.3 Å². The molecule has 0 saturated heterocycles. The van der Waals surface area contributed by atoms with Crippen LogP contribution in [-0.4, -0.2) is 11.0 Å². The van der Waals surface area contributed by atoms with E-state index in [9.17, 15) is 0 Å². The molecule has 0 bridgehead atoms. The molecule has 3 heteroatoms. The molecule has 104 valence electrons. The van der Waals surface area contributed by atoms with Crippen molar-refractivity contribution in [1.29, 1.82) is 0 Å². The molecule has 0 spiro atoms. The molecule has 1 fully saturated rings. The summed E-state index contributed by atoms with van der Waals surface area (Å²) < 4.78 is 0. The third kappa shape index (κ3) is 3.84. The van der Waals surface area contributed by atoms with Gasteiger partial charge in [0.15, 0.2) is 0 Å². The van der Waals surface area contributed by atoms with Gasteiger partial charge < -0.3 is 5.32 Å². The lowest BCUT2D eigenvalue weighted by atomic mass is 10.2. The normalized spacial score (nSPS) is 14.4. The Labute approximate surface area is 125 Å². The maximum atomic E-state index is 4.54. The van der Waals surface area contributed by atoms with Gasteiger partial charge in [-0.15, -0.1) is 11.8 Å². The van der Waals surface area contributed by atoms with Crippen molar-refractivity contribution in [2.45, 2.75) is 43.1 Å². The molecule has 1 aliphatic carbocycles. The highest BCUT2D eigenvalue weighted by atomic mass is 32.2. The first-order chi connectivity index (χ1) is 9.81. The number of nitrogens with one attached hydrogen (secondary N) is 1. The summed E-state index contributed by atoms with van der Waals surface area (Å²) in [4.78, 5) is 4.54. The number of rotatable bonds is 6. The smallest absolute Gasteiger partial charge is 0.101 e. The van der Waals surface area contributed by atoms with Gasteiger partial charge in [-0.1, -0.05) is 35.9 Å². The van der Waals surface area contributed by atoms with Gasteiger partial charge in [-0.3, -0.25) is 0 Å². The number of aromatic nitrogens is 1. The Hall–Kier alpha value is -1.32. The summed E-state index contributed by atoms with van der Waals surface area (Å²) in [5.41, 5.74) is 4.00. The quantitative estimate of drug-likeness (QED) is 0.813. The minimum Gasteiger partial charge on any atom is -0.310 e. The van der Waals surface area contributed by atoms with Crippen LogP contribution in [0.3, 0.4) is 0 Å². The zero-order chi connectivity index (χ0) is 13.8. The van der Waals surface area contributed by atoms with E-state index < -0.39 is 0 Å². The molecule has 0 amide bonds. The topological polar surface area (TPSA) is 24.9 Å². The fraction of sp³-hybridized carbons (Fsp3) is 0.353. The summed E-state index contributed by atoms with van der Waals surface area (Å²) in [7, 11) is 0. The minimum atomic E-state index is 0.741. The minimum absolute atomic E-state index is 0.741. The second kappa shape index (κ2) is 6.42. The predicted octanol–water partition coefficient (Wildman–Crippen LogP) is 3.93. The van der Waals surface area contributed by atoms with Crippen molar-refractivity contribution in [2.24, 2.45) is 0 Å². The second-order valence-electron chi connectivity index (χ2n) is 5.40. The summed E-state index contributed by atoms with van der Waals surface area (Å²) in [6.07, 6.45) is 4.54. The Morgan fingerprint density at radius 1 is 1.25 bits per heavy atom. The van der Waals surface area contributed by atoms with Gasteiger partial charge in [0.1, 0.15) is 5.03 Å². The largest absolute Gasteiger partial charge is 0.310 e. The average Bonchev–Trinajstić information content (AvgIpc) is 3.28. The van der Waals surface area contributed by atoms with E-state index in [1.54, 1.807) is 0 Å². The molecule has 0 atom stereocenters. The van der Waals surface area contributed by atoms with Crippen molar-refractivity contribution in [3.05, 3.63) is 59.3 Å². The number of benzene rings is 1. The lowest BCUT2D eigenvalue weighted by Gasteiger charge is -2.09. The first-order valence-corrected chi connectivity index (χ1v) is 8.15. The van der Waals surface area contributed by atoms with Crippen molar-refractivity contribution in [2.75, 3.05) is 0 Å². The summed E-state index contributed by atoms with van der Waals surface area (Å²) in [5, 5.41) is 4.72. The van der Waals surface area contributed by atoms with Crippen LogP contribution in [0.15, 0.2) is 47.6 Å². The Morgan fingerprint density at radius 2 is 2.15 bits per heavy atom. The van der Waals surface area contributed by atoms with Crippen LogP contribution in [0.1, 0.15) is 29.5 Å². The van der Waals surface area contributed by atoms with Crippen LogP contribution in [0.4, 0.5) is 0 Å². The molecule has 0 aliphatic heterocycles. The fourth-order valence-electron chi connectivity index (χ4n) is 2.18. The summed E-state index contributed by atoms with van der Waals surface area (Å²) in [5.74, 6) is 0.981. The Morgan fingerprint density at radius 3 is 2.95 bits per heavy atom. The zero-order valence-electron chi connectivity index (χ0n) is 11.8. The fourth-order valence-corrected chi connectivity index (χ4v) is 3.13. The van der Waals surface area contributed by atoms with Crippen LogP contribution >= 0.6 is 11.8 Å². The van der Waals surface area contributed by atoms with Gasteiger partial charge in [-0.25, -0.2) is 4.98 Å². The molecule has 1 saturated carbocycles. The van der Waals surface area contributed by atoms with E-state index >= 15 is 0 Å². The molecule has 3 rings (SSSR count). The van der Waals surface area contributed by atoms with Crippen molar-refractivity contribution >= 4 is 11.8 Å². The third-order valence-electron chi connectivity index (χ3n) is 3.47. The number of nitrogens with zero attached hydrogens (tertiary/aromatic N) is 1. The van der Waals surface area contributed by atoms with Crippen LogP contribution in [0, 0.1) is 6.92 Å². The van der Waals surface area contributed by atoms with Gasteiger partial charge in [0.05, 0.1) is 0 Å². The number of aryl methyl sites for hydroxylation is 1. The van der Waals surface area contributed by atoms with E-state index in [1.165, 1.54) is 29.5 Å². The van der Waals surface area contributed by atoms with Crippen molar-refractivity contribution < 1.29 is 0 Å². The van der Waals surface area contributed by atoms with Crippen LogP contribution in [0.5, 0.6) is 0 Å². The van der Waals surface area contributed by atoms with Crippen LogP contribution in [0.2, 0.25) is 0 Å². The molecule has 1 N–H and O–H groups in total. The van der Waals surface area contributed by atoms with Gasteiger partial charge in [-0.05, 0) is 37.0 Å². The van der Waals surface area contributed by atoms with Gasteiger partial charge in [0.2, 0.25) is 0 Å². The highest BCUT2D eigenvalue weighted by Gasteiger charge is 2.20. The van der Waals surface area contributed by atoms with E-state index in [1.807, 2.05) is 24.0 Å². The van der Waals surface area contributed by atoms with E-state index in [2.05, 4.69) is 47.6 Å². The number of hydrogen-bond donors (Lipinski definition) is 1. The van der Waals surface area contributed by atoms with Gasteiger partial charge in [0, 0.05) is 24.5 Å². The Bertz CT molecular complexity index is 579. The summed E-state index contributed by atoms with van der Waals surface area (Å²) >= 11 is 1.83. The molecular formula is C17H20N2S. The van der Waals surface area contributed by atoms with Crippen molar-refractivity contribution in [3.8, 4) is 0 Å². The van der Waals surface area contributed by atoms with Crippen LogP contribution in [0.25, 0.3) is 0 Å². The number of hydrogen-bond acceptors (Lipinski definition) is 3. The SMILES string of the molecule is Cc1cccc(CSc2ncccc2CNC2CC2)c1. The molecule has 1 aromatic carbocycles. The Balaban J connectivity index is 1.63. The molecule has 1 heterocycles. The van der Waals surface area contributed by atoms with Gasteiger partial charge in [-0.2, -0.15) is 0 Å². The molecule has 0 radical (unpaired) electrons. The van der Waals surface area contributed by atoms with E-state index in [0.29, 0.717) is 0 Å². The second-order valence-corrected chi connectivity index (χ2v) is 6.36. The highest BCUT2D eigenvalue weighted by molar-refractivity contribution is 7.98. The van der Waals surface area contributed by atoms with E-state index in [4.69, 9.17) is 0 Å². The molecule has 0 unspecified atom stereocenters. The van der Waals surface area contributed by atoms with E-state index in [0.717, 1.165) is 23.4 Å².